The summed E-state index contributed by atoms with van der Waals surface area (Å²) in [4.78, 5) is 62.0. The summed E-state index contributed by atoms with van der Waals surface area (Å²) in [6.07, 6.45) is 0.944. The molecular formula is C42H54F3N5O10S. The van der Waals surface area contributed by atoms with Crippen molar-refractivity contribution in [3.05, 3.63) is 41.6 Å². The molecule has 1 aromatic heterocycles. The van der Waals surface area contributed by atoms with Crippen LogP contribution in [0.3, 0.4) is 0 Å². The van der Waals surface area contributed by atoms with E-state index in [1.54, 1.807) is 12.1 Å². The molecule has 0 unspecified atom stereocenters. The number of methoxy groups -OCH3 is 2. The third-order valence-corrected chi connectivity index (χ3v) is 14.5. The zero-order chi connectivity index (χ0) is 44.2. The van der Waals surface area contributed by atoms with Crippen LogP contribution in [0.4, 0.5) is 18.0 Å². The summed E-state index contributed by atoms with van der Waals surface area (Å²) in [5.74, 6) is -3.18. The van der Waals surface area contributed by atoms with Crippen molar-refractivity contribution in [3.63, 3.8) is 0 Å². The number of nitrogens with zero attached hydrogens (tertiary/aromatic N) is 2. The van der Waals surface area contributed by atoms with Crippen molar-refractivity contribution >= 4 is 44.7 Å². The zero-order valence-corrected chi connectivity index (χ0v) is 35.9. The number of hydrogen-bond donors (Lipinski definition) is 3. The first-order chi connectivity index (χ1) is 28.7. The topological polar surface area (TPSA) is 192 Å². The molecule has 3 fully saturated rings. The van der Waals surface area contributed by atoms with Crippen molar-refractivity contribution in [3.8, 4) is 11.5 Å². The lowest BCUT2D eigenvalue weighted by molar-refractivity contribution is -0.144. The van der Waals surface area contributed by atoms with Crippen molar-refractivity contribution < 1.29 is 59.7 Å². The van der Waals surface area contributed by atoms with Crippen LogP contribution in [0.1, 0.15) is 96.2 Å². The Kier molecular flexibility index (Phi) is 11.8. The number of aryl methyl sites for hydroxylation is 1. The highest BCUT2D eigenvalue weighted by atomic mass is 32.2. The zero-order valence-electron chi connectivity index (χ0n) is 35.0. The lowest BCUT2D eigenvalue weighted by Crippen LogP contribution is -2.59. The number of alkyl halides is 3. The maximum atomic E-state index is 14.8. The predicted octanol–water partition coefficient (Wildman–Crippen LogP) is 5.09. The van der Waals surface area contributed by atoms with Crippen LogP contribution in [0.15, 0.2) is 30.4 Å². The molecule has 2 saturated carbocycles. The predicted molar refractivity (Wildman–Crippen MR) is 215 cm³/mol. The van der Waals surface area contributed by atoms with Crippen molar-refractivity contribution in [2.24, 2.45) is 11.3 Å². The van der Waals surface area contributed by atoms with Gasteiger partial charge in [-0.05, 0) is 75.0 Å². The van der Waals surface area contributed by atoms with E-state index in [0.717, 1.165) is 0 Å². The molecule has 0 radical (unpaired) electrons. The van der Waals surface area contributed by atoms with Gasteiger partial charge in [0.15, 0.2) is 11.4 Å². The molecule has 0 bridgehead atoms. The number of carbonyl (C=O) groups excluding carboxylic acids is 4. The minimum Gasteiger partial charge on any atom is -0.497 e. The molecule has 19 heteroatoms. The number of hydrogen-bond acceptors (Lipinski definition) is 11. The van der Waals surface area contributed by atoms with Crippen LogP contribution in [-0.4, -0.2) is 104 Å². The number of pyridine rings is 1. The van der Waals surface area contributed by atoms with E-state index in [0.29, 0.717) is 36.8 Å². The van der Waals surface area contributed by atoms with Crippen LogP contribution in [0.2, 0.25) is 0 Å². The average molecular weight is 878 g/mol. The van der Waals surface area contributed by atoms with Crippen LogP contribution < -0.4 is 24.8 Å². The minimum atomic E-state index is -4.94. The number of nitrogens with one attached hydrogen (secondary N) is 3. The van der Waals surface area contributed by atoms with Crippen LogP contribution in [0.25, 0.3) is 10.9 Å². The Morgan fingerprint density at radius 1 is 1.07 bits per heavy atom. The second-order valence-electron chi connectivity index (χ2n) is 18.3. The number of allylic oxidation sites excluding steroid dienone is 1. The van der Waals surface area contributed by atoms with Gasteiger partial charge in [-0.2, -0.15) is 13.2 Å². The number of carbonyl (C=O) groups is 4. The van der Waals surface area contributed by atoms with Crippen LogP contribution in [-0.2, 0) is 46.5 Å². The van der Waals surface area contributed by atoms with Gasteiger partial charge >= 0.3 is 12.3 Å². The summed E-state index contributed by atoms with van der Waals surface area (Å²) in [5.41, 5.74) is -4.57. The van der Waals surface area contributed by atoms with E-state index in [1.807, 2.05) is 26.8 Å². The van der Waals surface area contributed by atoms with Crippen LogP contribution >= 0.6 is 0 Å². The molecule has 3 aliphatic heterocycles. The number of benzene rings is 1. The van der Waals surface area contributed by atoms with Gasteiger partial charge in [-0.25, -0.2) is 18.2 Å². The summed E-state index contributed by atoms with van der Waals surface area (Å²) < 4.78 is 94.7. The van der Waals surface area contributed by atoms with E-state index in [2.05, 4.69) is 20.3 Å². The van der Waals surface area contributed by atoms with Gasteiger partial charge in [0, 0.05) is 30.4 Å². The fraction of sp³-hybridized carbons (Fsp3) is 0.643. The molecule has 61 heavy (non-hydrogen) atoms. The smallest absolute Gasteiger partial charge is 0.437 e. The van der Waals surface area contributed by atoms with E-state index in [9.17, 15) is 40.8 Å². The first kappa shape index (κ1) is 44.4. The van der Waals surface area contributed by atoms with Gasteiger partial charge in [-0.1, -0.05) is 45.8 Å². The van der Waals surface area contributed by atoms with E-state index >= 15 is 0 Å². The number of alkyl carbamates (subject to hydrolysis) is 1. The number of halogens is 3. The van der Waals surface area contributed by atoms with Gasteiger partial charge in [0.1, 0.15) is 33.7 Å². The van der Waals surface area contributed by atoms with E-state index < -0.39 is 85.3 Å². The molecule has 3 N–H and O–H groups in total. The van der Waals surface area contributed by atoms with Crippen molar-refractivity contribution in [2.75, 3.05) is 34.0 Å². The van der Waals surface area contributed by atoms with E-state index in [1.165, 1.54) is 31.3 Å². The molecule has 1 spiro atoms. The highest BCUT2D eigenvalue weighted by Crippen LogP contribution is 2.51. The Bertz CT molecular complexity index is 2230. The summed E-state index contributed by atoms with van der Waals surface area (Å²) in [5, 5.41) is 5.87. The molecule has 4 amide bonds. The average Bonchev–Trinajstić information content (AvgIpc) is 4.10. The quantitative estimate of drug-likeness (QED) is 0.300. The Balaban J connectivity index is 1.26. The van der Waals surface area contributed by atoms with Gasteiger partial charge in [-0.15, -0.1) is 0 Å². The molecule has 1 saturated heterocycles. The minimum absolute atomic E-state index is 0.0426. The Morgan fingerprint density at radius 2 is 1.82 bits per heavy atom. The van der Waals surface area contributed by atoms with Gasteiger partial charge in [0.2, 0.25) is 21.8 Å². The highest BCUT2D eigenvalue weighted by Gasteiger charge is 2.64. The fourth-order valence-corrected chi connectivity index (χ4v) is 10.3. The normalized spacial score (nSPS) is 28.2. The number of ether oxygens (including phenoxy) is 4. The molecule has 1 aromatic carbocycles. The standard InChI is InChI=1S/C42H54F3N5O10S/c1-38(2,3)23-59-37(54)47-30-12-10-8-6-7-9-11-25-20-41(25,36(53)49-61(55,56)40(17-18-40)24-57-4)48-34(51)31-21-39(22-50(31)35(30)52)16-15-27-28-19-26(58-5)13-14-29(28)46-33(32(27)60-39)42(43,44)45/h9,11,13-14,19,25,30-31H,6-8,10,12,15-18,20-24H2,1-5H3,(H,47,54)(H,48,51)(H,49,53)/b11-9-/t25-,30+,31+,39-,41-/m1/s1. The lowest BCUT2D eigenvalue weighted by atomic mass is 9.87. The van der Waals surface area contributed by atoms with Gasteiger partial charge in [0.25, 0.3) is 5.91 Å². The summed E-state index contributed by atoms with van der Waals surface area (Å²) in [6.45, 7) is 5.18. The van der Waals surface area contributed by atoms with Gasteiger partial charge in [-0.3, -0.25) is 19.1 Å². The van der Waals surface area contributed by atoms with E-state index in [-0.39, 0.29) is 81.2 Å². The maximum Gasteiger partial charge on any atom is 0.437 e. The maximum absolute atomic E-state index is 14.8. The molecule has 4 heterocycles. The lowest BCUT2D eigenvalue weighted by Gasteiger charge is -2.37. The first-order valence-electron chi connectivity index (χ1n) is 20.7. The second kappa shape index (κ2) is 16.2. The molecule has 2 aromatic rings. The van der Waals surface area contributed by atoms with Crippen molar-refractivity contribution in [2.45, 2.75) is 126 Å². The number of amides is 4. The molecule has 5 atom stereocenters. The van der Waals surface area contributed by atoms with Crippen molar-refractivity contribution in [1.29, 1.82) is 0 Å². The third-order valence-electron chi connectivity index (χ3n) is 12.4. The van der Waals surface area contributed by atoms with Gasteiger partial charge in [0.05, 0.1) is 32.4 Å². The van der Waals surface area contributed by atoms with Crippen molar-refractivity contribution in [1.82, 2.24) is 25.2 Å². The SMILES string of the molecule is COCC1(S(=O)(=O)NC(=O)[C@@]23C[C@H]2/C=C\CCCCC[C@H](NC(=O)OCC(C)(C)C)C(=O)N2C[C@@]4(CCc5c(c(C(F)(F)F)nc6ccc(OC)cc56)O4)C[C@H]2C(=O)N3)CC1. The molecule has 2 aliphatic carbocycles. The first-order valence-corrected chi connectivity index (χ1v) is 22.2. The van der Waals surface area contributed by atoms with Crippen LogP contribution in [0.5, 0.6) is 11.5 Å². The van der Waals surface area contributed by atoms with Crippen LogP contribution in [0, 0.1) is 11.3 Å². The monoisotopic (exact) mass is 877 g/mol. The molecular weight excluding hydrogens is 824 g/mol. The summed E-state index contributed by atoms with van der Waals surface area (Å²) >= 11 is 0. The number of rotatable bonds is 8. The van der Waals surface area contributed by atoms with Gasteiger partial charge < -0.3 is 34.5 Å². The molecule has 5 aliphatic rings. The molecule has 7 rings (SSSR count). The Morgan fingerprint density at radius 3 is 2.49 bits per heavy atom. The number of aromatic nitrogens is 1. The molecule has 15 nitrogen and oxygen atoms in total. The number of fused-ring (bicyclic) bond motifs is 5. The summed E-state index contributed by atoms with van der Waals surface area (Å²) in [6, 6.07) is 1.92. The second-order valence-corrected chi connectivity index (χ2v) is 20.4. The fourth-order valence-electron chi connectivity index (χ4n) is 8.73. The van der Waals surface area contributed by atoms with E-state index in [4.69, 9.17) is 18.9 Å². The summed E-state index contributed by atoms with van der Waals surface area (Å²) in [7, 11) is -1.45. The highest BCUT2D eigenvalue weighted by molar-refractivity contribution is 7.91. The molecule has 334 valence electrons. The number of sulfonamides is 1. The Hall–Kier alpha value is -4.65. The Labute approximate surface area is 352 Å². The third kappa shape index (κ3) is 8.99. The largest absolute Gasteiger partial charge is 0.497 e.